The molecular formula is C16H23N3O2. The minimum absolute atomic E-state index is 0.0965. The van der Waals surface area contributed by atoms with E-state index in [1.165, 1.54) is 0 Å². The van der Waals surface area contributed by atoms with Gasteiger partial charge >= 0.3 is 0 Å². The first-order chi connectivity index (χ1) is 10.0. The van der Waals surface area contributed by atoms with Crippen LogP contribution in [0.4, 0.5) is 5.69 Å². The minimum atomic E-state index is -0.739. The summed E-state index contributed by atoms with van der Waals surface area (Å²) in [6.45, 7) is 2.66. The van der Waals surface area contributed by atoms with Gasteiger partial charge in [0, 0.05) is 17.8 Å². The molecule has 0 saturated heterocycles. The molecule has 0 aliphatic heterocycles. The second-order valence-electron chi connectivity index (χ2n) is 5.65. The lowest BCUT2D eigenvalue weighted by atomic mass is 9.98. The van der Waals surface area contributed by atoms with Gasteiger partial charge in [0.1, 0.15) is 0 Å². The Labute approximate surface area is 125 Å². The molecule has 1 aliphatic carbocycles. The summed E-state index contributed by atoms with van der Waals surface area (Å²) >= 11 is 0. The van der Waals surface area contributed by atoms with Crippen LogP contribution in [0.25, 0.3) is 0 Å². The molecule has 21 heavy (non-hydrogen) atoms. The molecule has 0 heterocycles. The Kier molecular flexibility index (Phi) is 4.96. The Morgan fingerprint density at radius 1 is 1.19 bits per heavy atom. The first-order valence-electron chi connectivity index (χ1n) is 7.54. The summed E-state index contributed by atoms with van der Waals surface area (Å²) in [6, 6.07) is 6.88. The highest BCUT2D eigenvalue weighted by Gasteiger charge is 2.36. The maximum atomic E-state index is 12.2. The van der Waals surface area contributed by atoms with Crippen LogP contribution in [-0.2, 0) is 4.79 Å². The number of nitrogens with two attached hydrogens (primary N) is 1. The van der Waals surface area contributed by atoms with Crippen molar-refractivity contribution < 1.29 is 9.59 Å². The third-order valence-corrected chi connectivity index (χ3v) is 3.89. The Bertz CT molecular complexity index is 505. The Balaban J connectivity index is 1.96. The predicted octanol–water partition coefficient (Wildman–Crippen LogP) is 2.04. The number of amides is 2. The summed E-state index contributed by atoms with van der Waals surface area (Å²) in [6.07, 6.45) is 4.37. The number of benzene rings is 1. The van der Waals surface area contributed by atoms with E-state index in [2.05, 4.69) is 10.6 Å². The zero-order chi connectivity index (χ0) is 15.3. The van der Waals surface area contributed by atoms with E-state index in [0.29, 0.717) is 17.8 Å². The number of hydrogen-bond acceptors (Lipinski definition) is 3. The van der Waals surface area contributed by atoms with Crippen LogP contribution in [0.1, 0.15) is 49.4 Å². The van der Waals surface area contributed by atoms with Crippen LogP contribution in [-0.4, -0.2) is 23.9 Å². The van der Waals surface area contributed by atoms with E-state index in [0.717, 1.165) is 32.1 Å². The van der Waals surface area contributed by atoms with Crippen molar-refractivity contribution in [3.63, 3.8) is 0 Å². The number of rotatable bonds is 5. The van der Waals surface area contributed by atoms with E-state index in [-0.39, 0.29) is 11.8 Å². The van der Waals surface area contributed by atoms with Crippen molar-refractivity contribution in [2.75, 3.05) is 11.9 Å². The zero-order valence-corrected chi connectivity index (χ0v) is 12.4. The van der Waals surface area contributed by atoms with Crippen LogP contribution in [0.5, 0.6) is 0 Å². The maximum Gasteiger partial charge on any atom is 0.251 e. The molecule has 0 bridgehead atoms. The van der Waals surface area contributed by atoms with Gasteiger partial charge in [-0.3, -0.25) is 9.59 Å². The van der Waals surface area contributed by atoms with E-state index >= 15 is 0 Å². The highest BCUT2D eigenvalue weighted by molar-refractivity contribution is 5.99. The molecule has 1 fully saturated rings. The topological polar surface area (TPSA) is 84.2 Å². The lowest BCUT2D eigenvalue weighted by molar-refractivity contribution is -0.121. The second-order valence-corrected chi connectivity index (χ2v) is 5.65. The molecule has 0 unspecified atom stereocenters. The highest BCUT2D eigenvalue weighted by Crippen LogP contribution is 2.28. The molecule has 4 N–H and O–H groups in total. The summed E-state index contributed by atoms with van der Waals surface area (Å²) < 4.78 is 0. The molecule has 5 nitrogen and oxygen atoms in total. The molecule has 2 rings (SSSR count). The van der Waals surface area contributed by atoms with Gasteiger partial charge in [-0.2, -0.15) is 0 Å². The highest BCUT2D eigenvalue weighted by atomic mass is 16.2. The van der Waals surface area contributed by atoms with E-state index in [1.807, 2.05) is 6.92 Å². The molecule has 0 radical (unpaired) electrons. The molecule has 1 saturated carbocycles. The Morgan fingerprint density at radius 3 is 2.38 bits per heavy atom. The van der Waals surface area contributed by atoms with Crippen molar-refractivity contribution in [3.05, 3.63) is 29.8 Å². The average molecular weight is 289 g/mol. The summed E-state index contributed by atoms with van der Waals surface area (Å²) in [7, 11) is 0. The smallest absolute Gasteiger partial charge is 0.251 e. The van der Waals surface area contributed by atoms with Gasteiger partial charge in [0.05, 0.1) is 5.54 Å². The normalized spacial score (nSPS) is 16.5. The first kappa shape index (κ1) is 15.5. The molecule has 1 aromatic rings. The van der Waals surface area contributed by atoms with E-state index in [9.17, 15) is 9.59 Å². The lowest BCUT2D eigenvalue weighted by Crippen LogP contribution is -2.48. The van der Waals surface area contributed by atoms with Crippen LogP contribution >= 0.6 is 0 Å². The van der Waals surface area contributed by atoms with Gasteiger partial charge in [-0.1, -0.05) is 19.8 Å². The van der Waals surface area contributed by atoms with Crippen LogP contribution in [0.3, 0.4) is 0 Å². The van der Waals surface area contributed by atoms with Crippen LogP contribution in [0, 0.1) is 0 Å². The molecule has 1 aliphatic rings. The van der Waals surface area contributed by atoms with Crippen LogP contribution in [0.15, 0.2) is 24.3 Å². The minimum Gasteiger partial charge on any atom is -0.352 e. The van der Waals surface area contributed by atoms with Gasteiger partial charge in [0.15, 0.2) is 0 Å². The molecule has 2 amide bonds. The van der Waals surface area contributed by atoms with Gasteiger partial charge in [0.25, 0.3) is 5.91 Å². The largest absolute Gasteiger partial charge is 0.352 e. The number of carbonyl (C=O) groups is 2. The number of hydrogen-bond donors (Lipinski definition) is 3. The van der Waals surface area contributed by atoms with Crippen molar-refractivity contribution in [1.82, 2.24) is 5.32 Å². The van der Waals surface area contributed by atoms with Gasteiger partial charge in [0.2, 0.25) is 5.91 Å². The number of nitrogens with one attached hydrogen (secondary N) is 2. The maximum absolute atomic E-state index is 12.2. The number of carbonyl (C=O) groups excluding carboxylic acids is 2. The summed E-state index contributed by atoms with van der Waals surface area (Å²) in [4.78, 5) is 24.0. The Morgan fingerprint density at radius 2 is 1.81 bits per heavy atom. The van der Waals surface area contributed by atoms with Gasteiger partial charge in [-0.25, -0.2) is 0 Å². The summed E-state index contributed by atoms with van der Waals surface area (Å²) in [5, 5.41) is 5.65. The van der Waals surface area contributed by atoms with Crippen LogP contribution in [0.2, 0.25) is 0 Å². The molecule has 114 valence electrons. The standard InChI is InChI=1S/C16H23N3O2/c1-2-11-18-14(20)12-5-7-13(8-6-12)19-15(21)16(17)9-3-4-10-16/h5-8H,2-4,9-11,17H2,1H3,(H,18,20)(H,19,21). The lowest BCUT2D eigenvalue weighted by Gasteiger charge is -2.22. The fourth-order valence-electron chi connectivity index (χ4n) is 2.53. The first-order valence-corrected chi connectivity index (χ1v) is 7.54. The van der Waals surface area contributed by atoms with Gasteiger partial charge in [-0.15, -0.1) is 0 Å². The molecular weight excluding hydrogens is 266 g/mol. The summed E-state index contributed by atoms with van der Waals surface area (Å²) in [5.74, 6) is -0.232. The monoisotopic (exact) mass is 289 g/mol. The fourth-order valence-corrected chi connectivity index (χ4v) is 2.53. The van der Waals surface area contributed by atoms with E-state index in [4.69, 9.17) is 5.73 Å². The Hall–Kier alpha value is -1.88. The molecule has 0 aromatic heterocycles. The summed E-state index contributed by atoms with van der Waals surface area (Å²) in [5.41, 5.74) is 6.63. The molecule has 0 spiro atoms. The fraction of sp³-hybridized carbons (Fsp3) is 0.500. The van der Waals surface area contributed by atoms with E-state index in [1.54, 1.807) is 24.3 Å². The number of anilines is 1. The van der Waals surface area contributed by atoms with Crippen LogP contribution < -0.4 is 16.4 Å². The van der Waals surface area contributed by atoms with Gasteiger partial charge in [-0.05, 0) is 43.5 Å². The predicted molar refractivity (Wildman–Crippen MR) is 83.1 cm³/mol. The molecule has 5 heteroatoms. The molecule has 0 atom stereocenters. The zero-order valence-electron chi connectivity index (χ0n) is 12.4. The third kappa shape index (κ3) is 3.82. The van der Waals surface area contributed by atoms with Gasteiger partial charge < -0.3 is 16.4 Å². The quantitative estimate of drug-likeness (QED) is 0.775. The van der Waals surface area contributed by atoms with E-state index < -0.39 is 5.54 Å². The van der Waals surface area contributed by atoms with Crippen molar-refractivity contribution in [2.45, 2.75) is 44.6 Å². The van der Waals surface area contributed by atoms with Crippen molar-refractivity contribution >= 4 is 17.5 Å². The third-order valence-electron chi connectivity index (χ3n) is 3.89. The van der Waals surface area contributed by atoms with Crippen molar-refractivity contribution in [1.29, 1.82) is 0 Å². The molecule has 1 aromatic carbocycles. The van der Waals surface area contributed by atoms with Crippen molar-refractivity contribution in [3.8, 4) is 0 Å². The van der Waals surface area contributed by atoms with Crippen molar-refractivity contribution in [2.24, 2.45) is 5.73 Å². The second kappa shape index (κ2) is 6.72. The SMILES string of the molecule is CCCNC(=O)c1ccc(NC(=O)C2(N)CCCC2)cc1. The average Bonchev–Trinajstić information content (AvgIpc) is 2.94.